The molecule has 5 saturated carbocycles. The molecule has 1 amide bonds. The van der Waals surface area contributed by atoms with Crippen LogP contribution in [0.3, 0.4) is 0 Å². The van der Waals surface area contributed by atoms with Gasteiger partial charge in [-0.2, -0.15) is 0 Å². The average Bonchev–Trinajstić information content (AvgIpc) is 3.48. The fourth-order valence-corrected chi connectivity index (χ4v) is 11.2. The summed E-state index contributed by atoms with van der Waals surface area (Å²) < 4.78 is 0. The van der Waals surface area contributed by atoms with E-state index >= 15 is 0 Å². The van der Waals surface area contributed by atoms with Crippen LogP contribution in [0.5, 0.6) is 0 Å². The van der Waals surface area contributed by atoms with E-state index in [2.05, 4.69) is 52.0 Å². The van der Waals surface area contributed by atoms with Gasteiger partial charge in [0.1, 0.15) is 5.78 Å². The van der Waals surface area contributed by atoms with Crippen LogP contribution in [-0.4, -0.2) is 65.7 Å². The summed E-state index contributed by atoms with van der Waals surface area (Å²) in [6.07, 6.45) is 6.42. The lowest BCUT2D eigenvalue weighted by molar-refractivity contribution is -0.173. The molecule has 0 heterocycles. The Bertz CT molecular complexity index is 969. The largest absolute Gasteiger partial charge is 0.396 e. The lowest BCUT2D eigenvalue weighted by atomic mass is 9.41. The molecule has 5 rings (SSSR count). The van der Waals surface area contributed by atoms with Crippen molar-refractivity contribution >= 4 is 11.7 Å². The van der Waals surface area contributed by atoms with E-state index in [0.717, 1.165) is 44.9 Å². The Morgan fingerprint density at radius 3 is 2.35 bits per heavy atom. The summed E-state index contributed by atoms with van der Waals surface area (Å²) in [5.41, 5.74) is -1.11. The number of nitrogens with zero attached hydrogens (tertiary/aromatic N) is 1. The normalized spacial score (nSPS) is 52.0. The summed E-state index contributed by atoms with van der Waals surface area (Å²) in [7, 11) is 4.16. The van der Waals surface area contributed by atoms with E-state index in [4.69, 9.17) is 0 Å². The van der Waals surface area contributed by atoms with E-state index in [0.29, 0.717) is 12.2 Å². The van der Waals surface area contributed by atoms with Gasteiger partial charge in [0.25, 0.3) is 0 Å². The average molecular weight is 517 g/mol. The van der Waals surface area contributed by atoms with Crippen LogP contribution in [-0.2, 0) is 9.59 Å². The van der Waals surface area contributed by atoms with Crippen LogP contribution >= 0.6 is 0 Å². The summed E-state index contributed by atoms with van der Waals surface area (Å²) in [6.45, 7) is 13.1. The van der Waals surface area contributed by atoms with Gasteiger partial charge in [-0.25, -0.2) is 0 Å². The molecule has 210 valence electrons. The van der Waals surface area contributed by atoms with E-state index in [9.17, 15) is 19.8 Å². The molecule has 6 unspecified atom stereocenters. The second-order valence-electron chi connectivity index (χ2n) is 15.0. The first-order valence-corrected chi connectivity index (χ1v) is 15.0. The molecule has 3 N–H and O–H groups in total. The number of aliphatic hydroxyl groups excluding tert-OH is 2. The van der Waals surface area contributed by atoms with Gasteiger partial charge in [0.05, 0.1) is 12.7 Å². The topological polar surface area (TPSA) is 89.9 Å². The molecule has 0 aliphatic heterocycles. The molecule has 2 spiro atoms. The van der Waals surface area contributed by atoms with Crippen LogP contribution in [0.1, 0.15) is 92.9 Å². The van der Waals surface area contributed by atoms with Gasteiger partial charge in [0, 0.05) is 41.2 Å². The highest BCUT2D eigenvalue weighted by atomic mass is 16.3. The van der Waals surface area contributed by atoms with Gasteiger partial charge in [0.2, 0.25) is 5.91 Å². The van der Waals surface area contributed by atoms with Crippen LogP contribution in [0.4, 0.5) is 0 Å². The minimum atomic E-state index is -0.422. The van der Waals surface area contributed by atoms with Gasteiger partial charge < -0.3 is 20.4 Å². The molecule has 0 bridgehead atoms. The first kappa shape index (κ1) is 27.6. The molecular weight excluding hydrogens is 464 g/mol. The Morgan fingerprint density at radius 1 is 1.11 bits per heavy atom. The van der Waals surface area contributed by atoms with Crippen molar-refractivity contribution in [1.82, 2.24) is 10.2 Å². The maximum atomic E-state index is 14.4. The van der Waals surface area contributed by atoms with Crippen molar-refractivity contribution in [3.05, 3.63) is 0 Å². The zero-order chi connectivity index (χ0) is 27.3. The molecule has 5 aliphatic carbocycles. The third-order valence-electron chi connectivity index (χ3n) is 13.8. The van der Waals surface area contributed by atoms with Crippen LogP contribution in [0, 0.1) is 50.7 Å². The van der Waals surface area contributed by atoms with Crippen molar-refractivity contribution in [3.8, 4) is 0 Å². The summed E-state index contributed by atoms with van der Waals surface area (Å²) >= 11 is 0. The molecular formula is C31H52N2O4. The van der Waals surface area contributed by atoms with Crippen LogP contribution < -0.4 is 5.32 Å². The Labute approximate surface area is 224 Å². The smallest absolute Gasteiger partial charge is 0.223 e. The summed E-state index contributed by atoms with van der Waals surface area (Å²) in [4.78, 5) is 29.5. The number of carbonyl (C=O) groups is 2. The molecule has 6 heteroatoms. The van der Waals surface area contributed by atoms with Gasteiger partial charge in [0.15, 0.2) is 0 Å². The van der Waals surface area contributed by atoms with E-state index < -0.39 is 11.5 Å². The van der Waals surface area contributed by atoms with Crippen molar-refractivity contribution in [1.29, 1.82) is 0 Å². The Hall–Kier alpha value is -0.980. The molecule has 5 aliphatic rings. The fourth-order valence-electron chi connectivity index (χ4n) is 11.2. The fraction of sp³-hybridized carbons (Fsp3) is 0.935. The molecule has 0 saturated heterocycles. The molecule has 0 radical (unpaired) electrons. The minimum Gasteiger partial charge on any atom is -0.396 e. The summed E-state index contributed by atoms with van der Waals surface area (Å²) in [5.74, 6) is 1.07. The third-order valence-corrected chi connectivity index (χ3v) is 13.8. The second kappa shape index (κ2) is 8.51. The van der Waals surface area contributed by atoms with Crippen LogP contribution in [0.25, 0.3) is 0 Å². The molecule has 0 aromatic carbocycles. The number of aliphatic hydroxyl groups is 2. The second-order valence-corrected chi connectivity index (χ2v) is 15.0. The summed E-state index contributed by atoms with van der Waals surface area (Å²) in [6, 6.07) is 0.150. The van der Waals surface area contributed by atoms with Crippen molar-refractivity contribution < 1.29 is 19.8 Å². The molecule has 12 atom stereocenters. The maximum Gasteiger partial charge on any atom is 0.223 e. The van der Waals surface area contributed by atoms with E-state index in [1.807, 2.05) is 13.8 Å². The monoisotopic (exact) mass is 516 g/mol. The van der Waals surface area contributed by atoms with Gasteiger partial charge in [-0.1, -0.05) is 34.6 Å². The highest BCUT2D eigenvalue weighted by Gasteiger charge is 2.86. The van der Waals surface area contributed by atoms with Gasteiger partial charge in [-0.15, -0.1) is 0 Å². The quantitative estimate of drug-likeness (QED) is 0.496. The molecule has 0 aromatic rings. The standard InChI is InChI=1S/C31H52N2O4/c1-9-18(2)26(37)32-23-12-13-30-16-31(30)22(11-10-21(30)27(23,4)17-34)28(5)14-20(35)25(19(3)33(7)8)29(28,6)15-24(31)36/h18-23,25,34-35H,9-17H2,1-8H3,(H,32,37)/t18?,19-,20+,21?,22?,23-,25-,27?,28-,29+,30?,31?/m0/s1. The van der Waals surface area contributed by atoms with E-state index in [-0.39, 0.29) is 69.9 Å². The first-order chi connectivity index (χ1) is 17.2. The number of nitrogens with one attached hydrogen (secondary N) is 1. The van der Waals surface area contributed by atoms with Crippen molar-refractivity contribution in [2.45, 2.75) is 111 Å². The Kier molecular flexibility index (Phi) is 6.34. The lowest BCUT2D eigenvalue weighted by Crippen LogP contribution is -2.64. The molecule has 0 aromatic heterocycles. The number of Topliss-reactive ketones (excluding diaryl/α,β-unsaturated/α-hetero) is 1. The van der Waals surface area contributed by atoms with Gasteiger partial charge in [-0.05, 0) is 94.0 Å². The van der Waals surface area contributed by atoms with Gasteiger partial charge in [-0.3, -0.25) is 9.59 Å². The van der Waals surface area contributed by atoms with Crippen molar-refractivity contribution in [2.24, 2.45) is 50.7 Å². The number of carbonyl (C=O) groups excluding carboxylic acids is 2. The molecule has 37 heavy (non-hydrogen) atoms. The van der Waals surface area contributed by atoms with Crippen LogP contribution in [0.2, 0.25) is 0 Å². The Balaban J connectivity index is 1.49. The number of amides is 1. The summed E-state index contributed by atoms with van der Waals surface area (Å²) in [5, 5.41) is 25.6. The minimum absolute atomic E-state index is 0.0364. The van der Waals surface area contributed by atoms with Gasteiger partial charge >= 0.3 is 0 Å². The van der Waals surface area contributed by atoms with Crippen LogP contribution in [0.15, 0.2) is 0 Å². The number of rotatable bonds is 6. The highest BCUT2D eigenvalue weighted by Crippen LogP contribution is 2.87. The predicted octanol–water partition coefficient (Wildman–Crippen LogP) is 4.03. The lowest BCUT2D eigenvalue weighted by Gasteiger charge is -2.63. The van der Waals surface area contributed by atoms with E-state index in [1.165, 1.54) is 0 Å². The van der Waals surface area contributed by atoms with E-state index in [1.54, 1.807) is 0 Å². The third kappa shape index (κ3) is 3.21. The number of ketones is 1. The first-order valence-electron chi connectivity index (χ1n) is 15.0. The maximum absolute atomic E-state index is 14.4. The number of hydrogen-bond donors (Lipinski definition) is 3. The Morgan fingerprint density at radius 2 is 1.76 bits per heavy atom. The van der Waals surface area contributed by atoms with Crippen molar-refractivity contribution in [2.75, 3.05) is 20.7 Å². The number of fused-ring (bicyclic) bond motifs is 2. The zero-order valence-electron chi connectivity index (χ0n) is 24.6. The SMILES string of the molecule is CCC(C)C(=O)N[C@H]1CCC23CC24C(=O)C[C@]2(C)[C@@H]([C@H](C)N(C)C)[C@H](O)C[C@@]2(C)C4CCC3C1(C)CO. The zero-order valence-corrected chi connectivity index (χ0v) is 24.6. The predicted molar refractivity (Wildman–Crippen MR) is 145 cm³/mol. The number of hydrogen-bond acceptors (Lipinski definition) is 5. The van der Waals surface area contributed by atoms with Crippen molar-refractivity contribution in [3.63, 3.8) is 0 Å². The highest BCUT2D eigenvalue weighted by molar-refractivity contribution is 5.92. The molecule has 6 nitrogen and oxygen atoms in total. The molecule has 5 fully saturated rings.